The lowest BCUT2D eigenvalue weighted by Crippen LogP contribution is -2.14. The maximum atomic E-state index is 5.30. The minimum absolute atomic E-state index is 0.249. The quantitative estimate of drug-likeness (QED) is 0.864. The molecule has 0 aliphatic carbocycles. The summed E-state index contributed by atoms with van der Waals surface area (Å²) in [5, 5.41) is 7.40. The molecule has 0 spiro atoms. The Bertz CT molecular complexity index is 514. The summed E-state index contributed by atoms with van der Waals surface area (Å²) in [6, 6.07) is 2.23. The molecule has 90 valence electrons. The summed E-state index contributed by atoms with van der Waals surface area (Å²) >= 11 is 8.48. The highest BCUT2D eigenvalue weighted by Gasteiger charge is 2.22. The molecular weight excluding hydrogens is 370 g/mol. The van der Waals surface area contributed by atoms with Gasteiger partial charge in [0.1, 0.15) is 0 Å². The zero-order valence-electron chi connectivity index (χ0n) is 8.74. The van der Waals surface area contributed by atoms with Gasteiger partial charge in [0.25, 0.3) is 5.89 Å². The first-order valence-electron chi connectivity index (χ1n) is 5.26. The third kappa shape index (κ3) is 2.33. The number of rotatable bonds is 2. The van der Waals surface area contributed by atoms with Crippen molar-refractivity contribution in [1.82, 2.24) is 15.5 Å². The van der Waals surface area contributed by atoms with Gasteiger partial charge >= 0.3 is 0 Å². The van der Waals surface area contributed by atoms with Crippen LogP contribution in [-0.2, 0) is 0 Å². The lowest BCUT2D eigenvalue weighted by Gasteiger charge is -2.01. The van der Waals surface area contributed by atoms with Crippen LogP contribution in [0.15, 0.2) is 18.8 Å². The molecule has 4 nitrogen and oxygen atoms in total. The first-order chi connectivity index (χ1) is 8.24. The average molecular weight is 379 g/mol. The molecule has 3 heterocycles. The van der Waals surface area contributed by atoms with E-state index in [9.17, 15) is 0 Å². The summed E-state index contributed by atoms with van der Waals surface area (Å²) in [5.74, 6) is 1.35. The van der Waals surface area contributed by atoms with E-state index in [-0.39, 0.29) is 6.04 Å². The predicted molar refractivity (Wildman–Crippen MR) is 73.0 cm³/mol. The van der Waals surface area contributed by atoms with E-state index in [2.05, 4.69) is 47.3 Å². The number of aromatic nitrogens is 2. The van der Waals surface area contributed by atoms with Gasteiger partial charge in [-0.15, -0.1) is 11.3 Å². The molecular formula is C10H9Br2N3OS. The molecule has 1 atom stereocenters. The van der Waals surface area contributed by atoms with Crippen LogP contribution in [0, 0.1) is 0 Å². The fraction of sp³-hybridized carbons (Fsp3) is 0.400. The molecule has 2 aromatic heterocycles. The second-order valence-corrected chi connectivity index (χ2v) is 7.06. The van der Waals surface area contributed by atoms with Crippen LogP contribution in [-0.4, -0.2) is 16.7 Å². The molecule has 0 aromatic carbocycles. The summed E-state index contributed by atoms with van der Waals surface area (Å²) in [6.07, 6.45) is 2.25. The second-order valence-electron chi connectivity index (χ2n) is 3.84. The van der Waals surface area contributed by atoms with Crippen LogP contribution in [0.1, 0.15) is 24.7 Å². The van der Waals surface area contributed by atoms with Gasteiger partial charge in [-0.05, 0) is 57.3 Å². The fourth-order valence-electron chi connectivity index (χ4n) is 1.83. The van der Waals surface area contributed by atoms with Crippen molar-refractivity contribution in [3.8, 4) is 10.8 Å². The smallest absolute Gasteiger partial charge is 0.268 e. The number of nitrogens with one attached hydrogen (secondary N) is 1. The SMILES string of the molecule is Brc1cc(-c2nc(C3CCCN3)no2)sc1Br. The zero-order chi connectivity index (χ0) is 11.8. The molecule has 1 fully saturated rings. The Balaban J connectivity index is 1.88. The molecule has 0 amide bonds. The Morgan fingerprint density at radius 2 is 2.35 bits per heavy atom. The molecule has 1 saturated heterocycles. The van der Waals surface area contributed by atoms with E-state index < -0.39 is 0 Å². The van der Waals surface area contributed by atoms with Gasteiger partial charge in [-0.2, -0.15) is 4.98 Å². The minimum Gasteiger partial charge on any atom is -0.333 e. The first-order valence-corrected chi connectivity index (χ1v) is 7.66. The van der Waals surface area contributed by atoms with Crippen LogP contribution < -0.4 is 5.32 Å². The van der Waals surface area contributed by atoms with E-state index in [1.54, 1.807) is 11.3 Å². The highest BCUT2D eigenvalue weighted by atomic mass is 79.9. The van der Waals surface area contributed by atoms with Crippen LogP contribution in [0.5, 0.6) is 0 Å². The van der Waals surface area contributed by atoms with E-state index in [4.69, 9.17) is 4.52 Å². The fourth-order valence-corrected chi connectivity index (χ4v) is 3.79. The van der Waals surface area contributed by atoms with Crippen molar-refractivity contribution in [2.24, 2.45) is 0 Å². The number of hydrogen-bond acceptors (Lipinski definition) is 5. The predicted octanol–water partition coefficient (Wildman–Crippen LogP) is 3.75. The van der Waals surface area contributed by atoms with Crippen molar-refractivity contribution in [2.75, 3.05) is 6.54 Å². The van der Waals surface area contributed by atoms with Crippen LogP contribution in [0.2, 0.25) is 0 Å². The molecule has 1 N–H and O–H groups in total. The molecule has 1 aliphatic rings. The number of halogens is 2. The Morgan fingerprint density at radius 1 is 1.47 bits per heavy atom. The molecule has 2 aromatic rings. The van der Waals surface area contributed by atoms with E-state index in [1.807, 2.05) is 6.07 Å². The number of thiophene rings is 1. The molecule has 17 heavy (non-hydrogen) atoms. The van der Waals surface area contributed by atoms with E-state index in [1.165, 1.54) is 6.42 Å². The lowest BCUT2D eigenvalue weighted by atomic mass is 10.2. The van der Waals surface area contributed by atoms with Gasteiger partial charge in [0.15, 0.2) is 5.82 Å². The van der Waals surface area contributed by atoms with Crippen LogP contribution in [0.25, 0.3) is 10.8 Å². The van der Waals surface area contributed by atoms with Crippen LogP contribution >= 0.6 is 43.2 Å². The van der Waals surface area contributed by atoms with Crippen molar-refractivity contribution in [3.63, 3.8) is 0 Å². The van der Waals surface area contributed by atoms with Crippen molar-refractivity contribution in [3.05, 3.63) is 20.1 Å². The Morgan fingerprint density at radius 3 is 3.00 bits per heavy atom. The molecule has 0 bridgehead atoms. The van der Waals surface area contributed by atoms with Crippen LogP contribution in [0.3, 0.4) is 0 Å². The summed E-state index contributed by atoms with van der Waals surface area (Å²) < 4.78 is 7.34. The maximum Gasteiger partial charge on any atom is 0.268 e. The topological polar surface area (TPSA) is 51.0 Å². The second kappa shape index (κ2) is 4.79. The molecule has 7 heteroatoms. The lowest BCUT2D eigenvalue weighted by molar-refractivity contribution is 0.413. The third-order valence-electron chi connectivity index (χ3n) is 2.67. The van der Waals surface area contributed by atoms with Gasteiger partial charge < -0.3 is 9.84 Å². The van der Waals surface area contributed by atoms with E-state index in [0.29, 0.717) is 5.89 Å². The summed E-state index contributed by atoms with van der Waals surface area (Å²) in [4.78, 5) is 5.42. The van der Waals surface area contributed by atoms with E-state index >= 15 is 0 Å². The van der Waals surface area contributed by atoms with Gasteiger partial charge in [0, 0.05) is 4.47 Å². The number of nitrogens with zero attached hydrogens (tertiary/aromatic N) is 2. The van der Waals surface area contributed by atoms with Crippen molar-refractivity contribution in [1.29, 1.82) is 0 Å². The van der Waals surface area contributed by atoms with Gasteiger partial charge in [0.05, 0.1) is 14.7 Å². The first kappa shape index (κ1) is 11.8. The van der Waals surface area contributed by atoms with Crippen molar-refractivity contribution in [2.45, 2.75) is 18.9 Å². The monoisotopic (exact) mass is 377 g/mol. The largest absolute Gasteiger partial charge is 0.333 e. The molecule has 1 aliphatic heterocycles. The highest BCUT2D eigenvalue weighted by molar-refractivity contribution is 9.13. The van der Waals surface area contributed by atoms with Gasteiger partial charge in [-0.3, -0.25) is 0 Å². The summed E-state index contributed by atoms with van der Waals surface area (Å²) in [6.45, 7) is 1.03. The van der Waals surface area contributed by atoms with Gasteiger partial charge in [-0.25, -0.2) is 0 Å². The summed E-state index contributed by atoms with van der Waals surface area (Å²) in [7, 11) is 0. The Hall–Kier alpha value is -0.240. The summed E-state index contributed by atoms with van der Waals surface area (Å²) in [5.41, 5.74) is 0. The Kier molecular flexibility index (Phi) is 3.34. The molecule has 1 unspecified atom stereocenters. The molecule has 0 saturated carbocycles. The van der Waals surface area contributed by atoms with Gasteiger partial charge in [-0.1, -0.05) is 5.16 Å². The highest BCUT2D eigenvalue weighted by Crippen LogP contribution is 2.37. The van der Waals surface area contributed by atoms with Crippen molar-refractivity contribution < 1.29 is 4.52 Å². The van der Waals surface area contributed by atoms with Crippen LogP contribution in [0.4, 0.5) is 0 Å². The van der Waals surface area contributed by atoms with Gasteiger partial charge in [0.2, 0.25) is 0 Å². The zero-order valence-corrected chi connectivity index (χ0v) is 12.7. The minimum atomic E-state index is 0.249. The van der Waals surface area contributed by atoms with Crippen molar-refractivity contribution >= 4 is 43.2 Å². The Labute approximate surface area is 119 Å². The number of hydrogen-bond donors (Lipinski definition) is 1. The normalized spacial score (nSPS) is 20.0. The third-order valence-corrected chi connectivity index (χ3v) is 5.91. The van der Waals surface area contributed by atoms with E-state index in [0.717, 1.165) is 31.9 Å². The maximum absolute atomic E-state index is 5.30. The standard InChI is InChI=1S/C10H9Br2N3OS/c11-5-4-7(17-8(5)12)10-14-9(15-16-10)6-2-1-3-13-6/h4,6,13H,1-3H2. The molecule has 0 radical (unpaired) electrons. The molecule has 3 rings (SSSR count). The average Bonchev–Trinajstić information content (AvgIpc) is 3.00.